The van der Waals surface area contributed by atoms with Crippen LogP contribution >= 0.6 is 15.9 Å². The molecule has 0 aliphatic carbocycles. The predicted molar refractivity (Wildman–Crippen MR) is 76.0 cm³/mol. The average molecular weight is 344 g/mol. The Morgan fingerprint density at radius 2 is 1.55 bits per heavy atom. The van der Waals surface area contributed by atoms with E-state index in [1.807, 2.05) is 6.92 Å². The topological polar surface area (TPSA) is 12.0 Å². The highest BCUT2D eigenvalue weighted by molar-refractivity contribution is 9.10. The molecule has 0 radical (unpaired) electrons. The molecule has 1 N–H and O–H groups in total. The number of nitrogens with one attached hydrogen (secondary N) is 1. The fourth-order valence-corrected chi connectivity index (χ4v) is 2.59. The molecular formula is C15H13BrF3N. The first kappa shape index (κ1) is 15.1. The van der Waals surface area contributed by atoms with Gasteiger partial charge in [0.2, 0.25) is 0 Å². The molecule has 1 nitrogen and oxygen atoms in total. The molecule has 20 heavy (non-hydrogen) atoms. The van der Waals surface area contributed by atoms with Gasteiger partial charge in [-0.25, -0.2) is 13.2 Å². The monoisotopic (exact) mass is 343 g/mol. The Bertz CT molecular complexity index is 596. The molecule has 0 heterocycles. The summed E-state index contributed by atoms with van der Waals surface area (Å²) in [5, 5.41) is 2.99. The normalized spacial score (nSPS) is 12.4. The van der Waals surface area contributed by atoms with Gasteiger partial charge in [0, 0.05) is 5.56 Å². The molecule has 0 bridgehead atoms. The van der Waals surface area contributed by atoms with Gasteiger partial charge in [-0.15, -0.1) is 0 Å². The number of hydrogen-bond donors (Lipinski definition) is 1. The fourth-order valence-electron chi connectivity index (χ4n) is 2.10. The van der Waals surface area contributed by atoms with Crippen LogP contribution in [0.15, 0.2) is 40.9 Å². The molecule has 0 amide bonds. The minimum absolute atomic E-state index is 0.111. The SMILES string of the molecule is CCNC(c1cccc(F)c1Br)c1c(F)cccc1F. The van der Waals surface area contributed by atoms with Crippen LogP contribution in [0.4, 0.5) is 13.2 Å². The van der Waals surface area contributed by atoms with Crippen LogP contribution in [0.1, 0.15) is 24.1 Å². The lowest BCUT2D eigenvalue weighted by atomic mass is 9.97. The van der Waals surface area contributed by atoms with Gasteiger partial charge in [-0.1, -0.05) is 25.1 Å². The van der Waals surface area contributed by atoms with E-state index >= 15 is 0 Å². The van der Waals surface area contributed by atoms with E-state index < -0.39 is 23.5 Å². The maximum Gasteiger partial charge on any atom is 0.137 e. The zero-order chi connectivity index (χ0) is 14.7. The molecule has 1 unspecified atom stereocenters. The molecule has 0 spiro atoms. The van der Waals surface area contributed by atoms with E-state index in [9.17, 15) is 13.2 Å². The first-order valence-electron chi connectivity index (χ1n) is 6.17. The van der Waals surface area contributed by atoms with Crippen molar-refractivity contribution in [2.45, 2.75) is 13.0 Å². The minimum Gasteiger partial charge on any atom is -0.306 e. The Morgan fingerprint density at radius 3 is 2.15 bits per heavy atom. The molecule has 0 aromatic heterocycles. The van der Waals surface area contributed by atoms with Crippen molar-refractivity contribution in [1.29, 1.82) is 0 Å². The van der Waals surface area contributed by atoms with E-state index in [4.69, 9.17) is 0 Å². The Hall–Kier alpha value is -1.33. The van der Waals surface area contributed by atoms with Crippen molar-refractivity contribution in [3.8, 4) is 0 Å². The molecule has 2 rings (SSSR count). The van der Waals surface area contributed by atoms with Crippen molar-refractivity contribution in [2.24, 2.45) is 0 Å². The van der Waals surface area contributed by atoms with Crippen LogP contribution in [0.5, 0.6) is 0 Å². The molecule has 2 aromatic rings. The van der Waals surface area contributed by atoms with Crippen molar-refractivity contribution in [3.05, 3.63) is 69.4 Å². The van der Waals surface area contributed by atoms with Gasteiger partial charge in [0.05, 0.1) is 10.5 Å². The second kappa shape index (κ2) is 6.41. The molecule has 0 aliphatic rings. The lowest BCUT2D eigenvalue weighted by molar-refractivity contribution is 0.507. The van der Waals surface area contributed by atoms with E-state index in [1.165, 1.54) is 30.3 Å². The summed E-state index contributed by atoms with van der Waals surface area (Å²) in [4.78, 5) is 0. The summed E-state index contributed by atoms with van der Waals surface area (Å²) >= 11 is 3.14. The van der Waals surface area contributed by atoms with Gasteiger partial charge in [0.1, 0.15) is 17.5 Å². The maximum absolute atomic E-state index is 14.0. The molecular weight excluding hydrogens is 331 g/mol. The molecule has 0 saturated heterocycles. The molecule has 1 atom stereocenters. The Labute approximate surface area is 123 Å². The largest absolute Gasteiger partial charge is 0.306 e. The maximum atomic E-state index is 14.0. The Balaban J connectivity index is 2.60. The first-order chi connectivity index (χ1) is 9.56. The highest BCUT2D eigenvalue weighted by Gasteiger charge is 2.23. The second-order valence-corrected chi connectivity index (χ2v) is 5.06. The summed E-state index contributed by atoms with van der Waals surface area (Å²) < 4.78 is 41.7. The van der Waals surface area contributed by atoms with Crippen molar-refractivity contribution >= 4 is 15.9 Å². The Morgan fingerprint density at radius 1 is 1.00 bits per heavy atom. The third-order valence-electron chi connectivity index (χ3n) is 2.99. The third kappa shape index (κ3) is 2.88. The second-order valence-electron chi connectivity index (χ2n) is 4.27. The van der Waals surface area contributed by atoms with Gasteiger partial charge in [0.25, 0.3) is 0 Å². The van der Waals surface area contributed by atoms with Gasteiger partial charge in [0.15, 0.2) is 0 Å². The number of benzene rings is 2. The quantitative estimate of drug-likeness (QED) is 0.857. The number of halogens is 4. The van der Waals surface area contributed by atoms with Crippen molar-refractivity contribution in [2.75, 3.05) is 6.54 Å². The molecule has 106 valence electrons. The van der Waals surface area contributed by atoms with Crippen LogP contribution in [-0.2, 0) is 0 Å². The zero-order valence-corrected chi connectivity index (χ0v) is 12.3. The van der Waals surface area contributed by atoms with Crippen LogP contribution in [-0.4, -0.2) is 6.54 Å². The first-order valence-corrected chi connectivity index (χ1v) is 6.96. The van der Waals surface area contributed by atoms with E-state index in [0.29, 0.717) is 12.1 Å². The third-order valence-corrected chi connectivity index (χ3v) is 3.83. The van der Waals surface area contributed by atoms with Gasteiger partial charge >= 0.3 is 0 Å². The fraction of sp³-hybridized carbons (Fsp3) is 0.200. The van der Waals surface area contributed by atoms with Gasteiger partial charge < -0.3 is 5.32 Å². The molecule has 0 aliphatic heterocycles. The minimum atomic E-state index is -0.758. The van der Waals surface area contributed by atoms with E-state index in [-0.39, 0.29) is 10.0 Å². The molecule has 5 heteroatoms. The summed E-state index contributed by atoms with van der Waals surface area (Å²) in [5.74, 6) is -1.79. The van der Waals surface area contributed by atoms with E-state index in [0.717, 1.165) is 0 Å². The molecule has 0 saturated carbocycles. The van der Waals surface area contributed by atoms with Crippen LogP contribution in [0, 0.1) is 17.5 Å². The highest BCUT2D eigenvalue weighted by Crippen LogP contribution is 2.32. The lowest BCUT2D eigenvalue weighted by Crippen LogP contribution is -2.24. The standard InChI is InChI=1S/C15H13BrF3N/c1-2-20-15(9-5-3-8-12(19)14(9)16)13-10(17)6-4-7-11(13)18/h3-8,15,20H,2H2,1H3. The van der Waals surface area contributed by atoms with Crippen LogP contribution in [0.2, 0.25) is 0 Å². The summed E-state index contributed by atoms with van der Waals surface area (Å²) in [6, 6.07) is 7.36. The summed E-state index contributed by atoms with van der Waals surface area (Å²) in [7, 11) is 0. The number of rotatable bonds is 4. The lowest BCUT2D eigenvalue weighted by Gasteiger charge is -2.21. The Kier molecular flexibility index (Phi) is 4.83. The highest BCUT2D eigenvalue weighted by atomic mass is 79.9. The van der Waals surface area contributed by atoms with Gasteiger partial charge in [-0.05, 0) is 46.2 Å². The van der Waals surface area contributed by atoms with E-state index in [1.54, 1.807) is 6.07 Å². The van der Waals surface area contributed by atoms with Gasteiger partial charge in [-0.2, -0.15) is 0 Å². The van der Waals surface area contributed by atoms with Crippen molar-refractivity contribution in [1.82, 2.24) is 5.32 Å². The van der Waals surface area contributed by atoms with Crippen LogP contribution in [0.25, 0.3) is 0 Å². The van der Waals surface area contributed by atoms with E-state index in [2.05, 4.69) is 21.2 Å². The average Bonchev–Trinajstić information content (AvgIpc) is 2.41. The predicted octanol–water partition coefficient (Wildman–Crippen LogP) is 4.57. The summed E-state index contributed by atoms with van der Waals surface area (Å²) in [5.41, 5.74) is 0.344. The summed E-state index contributed by atoms with van der Waals surface area (Å²) in [6.45, 7) is 2.31. The molecule has 2 aromatic carbocycles. The van der Waals surface area contributed by atoms with Crippen LogP contribution < -0.4 is 5.32 Å². The molecule has 0 fully saturated rings. The van der Waals surface area contributed by atoms with Crippen molar-refractivity contribution < 1.29 is 13.2 Å². The number of hydrogen-bond acceptors (Lipinski definition) is 1. The van der Waals surface area contributed by atoms with Gasteiger partial charge in [-0.3, -0.25) is 0 Å². The smallest absolute Gasteiger partial charge is 0.137 e. The van der Waals surface area contributed by atoms with Crippen molar-refractivity contribution in [3.63, 3.8) is 0 Å². The summed E-state index contributed by atoms with van der Waals surface area (Å²) in [6.07, 6.45) is 0. The zero-order valence-electron chi connectivity index (χ0n) is 10.8. The van der Waals surface area contributed by atoms with Crippen LogP contribution in [0.3, 0.4) is 0 Å².